The first-order valence-corrected chi connectivity index (χ1v) is 14.5. The smallest absolute Gasteiger partial charge is 0.147 e. The molecule has 0 saturated carbocycles. The zero-order chi connectivity index (χ0) is 43.2. The van der Waals surface area contributed by atoms with Gasteiger partial charge in [0.2, 0.25) is 0 Å². The Bertz CT molecular complexity index is 3570. The van der Waals surface area contributed by atoms with Crippen molar-refractivity contribution in [1.82, 2.24) is 0 Å². The molecule has 46 heavy (non-hydrogen) atoms. The molecule has 2 nitrogen and oxygen atoms in total. The van der Waals surface area contributed by atoms with E-state index < -0.39 is 113 Å². The van der Waals surface area contributed by atoms with Crippen LogP contribution in [-0.4, -0.2) is 0 Å². The molecule has 10 aromatic rings. The van der Waals surface area contributed by atoms with Crippen LogP contribution in [0.15, 0.2) is 166 Å². The van der Waals surface area contributed by atoms with Crippen LogP contribution in [0.4, 0.5) is 0 Å². The molecule has 2 heteroatoms. The van der Waals surface area contributed by atoms with E-state index in [1.165, 1.54) is 0 Å². The highest BCUT2D eigenvalue weighted by atomic mass is 16.3. The zero-order valence-corrected chi connectivity index (χ0v) is 23.7. The Balaban J connectivity index is 1.53. The summed E-state index contributed by atoms with van der Waals surface area (Å²) >= 11 is 0. The second-order valence-electron chi connectivity index (χ2n) is 10.8. The van der Waals surface area contributed by atoms with Crippen molar-refractivity contribution in [2.24, 2.45) is 0 Å². The Kier molecular flexibility index (Phi) is 3.11. The van der Waals surface area contributed by atoms with Crippen molar-refractivity contribution in [3.05, 3.63) is 157 Å². The van der Waals surface area contributed by atoms with E-state index in [0.29, 0.717) is 44.0 Å². The first-order valence-electron chi connectivity index (χ1n) is 22.0. The van der Waals surface area contributed by atoms with Crippen molar-refractivity contribution in [3.63, 3.8) is 0 Å². The van der Waals surface area contributed by atoms with Gasteiger partial charge < -0.3 is 8.83 Å². The maximum absolute atomic E-state index is 9.52. The Morgan fingerprint density at radius 1 is 0.413 bits per heavy atom. The largest absolute Gasteiger partial charge is 0.456 e. The molecule has 0 spiro atoms. The zero-order valence-electron chi connectivity index (χ0n) is 38.7. The SMILES string of the molecule is [2H]c1c([2H])c([2H])c2c([2H])c(-c3c4c([2H])c([2H])c([2H])c([2H])c4c(-c4oc5c(ccc6oc7ccccc7c65)c4-c4ccccc4)c4c([2H])c([2H])c([2H])c([2H])c34)c([2H])c([2H])c2c1[2H]. The lowest BCUT2D eigenvalue weighted by atomic mass is 9.85. The summed E-state index contributed by atoms with van der Waals surface area (Å²) < 4.78 is 149. The maximum atomic E-state index is 9.52. The average molecular weight is 602 g/mol. The molecule has 0 unspecified atom stereocenters. The third-order valence-corrected chi connectivity index (χ3v) is 8.36. The summed E-state index contributed by atoms with van der Waals surface area (Å²) in [5.41, 5.74) is 1.33. The van der Waals surface area contributed by atoms with Crippen LogP contribution in [0.3, 0.4) is 0 Å². The fourth-order valence-corrected chi connectivity index (χ4v) is 6.44. The Morgan fingerprint density at radius 3 is 1.83 bits per heavy atom. The number of para-hydroxylation sites is 1. The summed E-state index contributed by atoms with van der Waals surface area (Å²) in [7, 11) is 0. The number of rotatable bonds is 3. The fraction of sp³-hybridized carbons (Fsp3) is 0. The minimum Gasteiger partial charge on any atom is -0.456 e. The molecule has 0 aliphatic rings. The molecule has 10 rings (SSSR count). The van der Waals surface area contributed by atoms with Gasteiger partial charge in [-0.1, -0.05) is 133 Å². The van der Waals surface area contributed by atoms with E-state index in [-0.39, 0.29) is 32.9 Å². The van der Waals surface area contributed by atoms with Crippen molar-refractivity contribution in [2.45, 2.75) is 0 Å². The third-order valence-electron chi connectivity index (χ3n) is 8.36. The fourth-order valence-electron chi connectivity index (χ4n) is 6.44. The molecule has 8 aromatic carbocycles. The van der Waals surface area contributed by atoms with E-state index in [1.807, 2.05) is 18.2 Å². The molecule has 0 radical (unpaired) electrons. The number of hydrogen-bond donors (Lipinski definition) is 0. The first-order chi connectivity index (χ1) is 29.1. The second-order valence-corrected chi connectivity index (χ2v) is 10.8. The van der Waals surface area contributed by atoms with Gasteiger partial charge in [-0.2, -0.15) is 0 Å². The molecule has 214 valence electrons. The van der Waals surface area contributed by atoms with E-state index in [2.05, 4.69) is 0 Å². The van der Waals surface area contributed by atoms with Crippen LogP contribution < -0.4 is 0 Å². The quantitative estimate of drug-likeness (QED) is 0.188. The van der Waals surface area contributed by atoms with Gasteiger partial charge in [0.1, 0.15) is 22.5 Å². The second kappa shape index (κ2) is 9.69. The molecule has 0 N–H and O–H groups in total. The molecular formula is C44H26O2. The molecule has 0 amide bonds. The molecule has 0 saturated heterocycles. The molecule has 0 aliphatic carbocycles. The molecule has 0 aliphatic heterocycles. The highest BCUT2D eigenvalue weighted by Crippen LogP contribution is 2.50. The van der Waals surface area contributed by atoms with Crippen molar-refractivity contribution in [1.29, 1.82) is 0 Å². The molecule has 0 fully saturated rings. The number of furan rings is 2. The van der Waals surface area contributed by atoms with Crippen LogP contribution in [0.5, 0.6) is 0 Å². The predicted octanol–water partition coefficient (Wildman–Crippen LogP) is 12.8. The van der Waals surface area contributed by atoms with E-state index in [0.717, 1.165) is 0 Å². The summed E-state index contributed by atoms with van der Waals surface area (Å²) in [5.74, 6) is -0.0124. The van der Waals surface area contributed by atoms with E-state index >= 15 is 0 Å². The molecular weight excluding hydrogens is 560 g/mol. The van der Waals surface area contributed by atoms with Crippen molar-refractivity contribution in [3.8, 4) is 33.6 Å². The van der Waals surface area contributed by atoms with E-state index in [4.69, 9.17) is 21.2 Å². The van der Waals surface area contributed by atoms with Crippen LogP contribution >= 0.6 is 0 Å². The summed E-state index contributed by atoms with van der Waals surface area (Å²) in [5, 5.41) is -0.295. The minimum atomic E-state index is -0.763. The highest BCUT2D eigenvalue weighted by molar-refractivity contribution is 6.25. The van der Waals surface area contributed by atoms with Gasteiger partial charge in [0.05, 0.1) is 25.9 Å². The van der Waals surface area contributed by atoms with Crippen LogP contribution in [-0.2, 0) is 0 Å². The number of benzene rings is 8. The van der Waals surface area contributed by atoms with Gasteiger partial charge >= 0.3 is 0 Å². The number of hydrogen-bond acceptors (Lipinski definition) is 2. The minimum absolute atomic E-state index is 0.0124. The Labute approximate surface area is 285 Å². The van der Waals surface area contributed by atoms with Crippen LogP contribution in [0.2, 0.25) is 0 Å². The summed E-state index contributed by atoms with van der Waals surface area (Å²) in [6.07, 6.45) is 0. The first kappa shape index (κ1) is 14.8. The maximum Gasteiger partial charge on any atom is 0.147 e. The lowest BCUT2D eigenvalue weighted by Crippen LogP contribution is -1.91. The Morgan fingerprint density at radius 2 is 1.07 bits per heavy atom. The van der Waals surface area contributed by atoms with Gasteiger partial charge in [-0.05, 0) is 73.2 Å². The normalized spacial score (nSPS) is 16.5. The lowest BCUT2D eigenvalue weighted by molar-refractivity contribution is 0.636. The molecule has 0 bridgehead atoms. The van der Waals surface area contributed by atoms with Crippen molar-refractivity contribution >= 4 is 65.2 Å². The lowest BCUT2D eigenvalue weighted by Gasteiger charge is -2.17. The monoisotopic (exact) mass is 601 g/mol. The van der Waals surface area contributed by atoms with E-state index in [9.17, 15) is 8.22 Å². The van der Waals surface area contributed by atoms with Gasteiger partial charge in [0.25, 0.3) is 0 Å². The highest BCUT2D eigenvalue weighted by Gasteiger charge is 2.26. The van der Waals surface area contributed by atoms with Crippen LogP contribution in [0.25, 0.3) is 98.8 Å². The standard InChI is InChI=1S/C44H26O2/c1-2-13-28(14-3-1)40-36-24-25-38-42(35-20-10-11-21-37(35)45-38)43(36)46-44(40)41-33-18-8-6-16-31(33)39(32-17-7-9-19-34(32)41)30-23-22-27-12-4-5-15-29(27)26-30/h1-26H/i4D,5D,6D,7D,8D,9D,12D,15D,16D,17D,18D,19D,22D,23D,26D. The summed E-state index contributed by atoms with van der Waals surface area (Å²) in [4.78, 5) is 0. The van der Waals surface area contributed by atoms with Gasteiger partial charge in [0.15, 0.2) is 0 Å². The Hall–Kier alpha value is -6.12. The van der Waals surface area contributed by atoms with E-state index in [1.54, 1.807) is 48.5 Å². The van der Waals surface area contributed by atoms with Crippen molar-refractivity contribution in [2.75, 3.05) is 0 Å². The van der Waals surface area contributed by atoms with Crippen LogP contribution in [0, 0.1) is 0 Å². The van der Waals surface area contributed by atoms with Gasteiger partial charge in [-0.25, -0.2) is 0 Å². The molecule has 2 heterocycles. The van der Waals surface area contributed by atoms with Gasteiger partial charge in [-0.3, -0.25) is 0 Å². The number of fused-ring (bicyclic) bond motifs is 8. The summed E-state index contributed by atoms with van der Waals surface area (Å²) in [6, 6.07) is 9.39. The molecule has 0 atom stereocenters. The average Bonchev–Trinajstić information content (AvgIpc) is 3.84. The topological polar surface area (TPSA) is 26.3 Å². The van der Waals surface area contributed by atoms with Gasteiger partial charge in [0, 0.05) is 21.9 Å². The predicted molar refractivity (Wildman–Crippen MR) is 192 cm³/mol. The van der Waals surface area contributed by atoms with Gasteiger partial charge in [-0.15, -0.1) is 0 Å². The van der Waals surface area contributed by atoms with Crippen molar-refractivity contribution < 1.29 is 29.4 Å². The van der Waals surface area contributed by atoms with Crippen LogP contribution in [0.1, 0.15) is 20.6 Å². The third kappa shape index (κ3) is 3.59. The summed E-state index contributed by atoms with van der Waals surface area (Å²) in [6.45, 7) is 0. The molecule has 2 aromatic heterocycles.